The number of aromatic nitrogens is 3. The monoisotopic (exact) mass is 328 g/mol. The quantitative estimate of drug-likeness (QED) is 0.863. The van der Waals surface area contributed by atoms with Gasteiger partial charge in [0.2, 0.25) is 5.91 Å². The third kappa shape index (κ3) is 3.32. The number of hydrogen-bond donors (Lipinski definition) is 0. The van der Waals surface area contributed by atoms with Crippen molar-refractivity contribution in [3.05, 3.63) is 29.5 Å². The van der Waals surface area contributed by atoms with E-state index in [1.165, 1.54) is 0 Å². The first-order chi connectivity index (χ1) is 11.5. The van der Waals surface area contributed by atoms with E-state index in [-0.39, 0.29) is 11.8 Å². The molecule has 1 saturated heterocycles. The first-order valence-electron chi connectivity index (χ1n) is 8.48. The normalized spacial score (nSPS) is 17.7. The number of amides is 1. The second-order valence-corrected chi connectivity index (χ2v) is 6.89. The largest absolute Gasteiger partial charge is 0.361 e. The maximum atomic E-state index is 12.1. The van der Waals surface area contributed by atoms with E-state index >= 15 is 0 Å². The van der Waals surface area contributed by atoms with Gasteiger partial charge in [-0.3, -0.25) is 14.8 Å². The number of carbonyl (C=O) groups excluding carboxylic acids is 1. The second kappa shape index (κ2) is 6.71. The van der Waals surface area contributed by atoms with Gasteiger partial charge in [0.05, 0.1) is 28.8 Å². The first-order valence-corrected chi connectivity index (χ1v) is 8.48. The van der Waals surface area contributed by atoms with Gasteiger partial charge < -0.3 is 9.42 Å². The van der Waals surface area contributed by atoms with Crippen molar-refractivity contribution in [1.29, 1.82) is 0 Å². The summed E-state index contributed by atoms with van der Waals surface area (Å²) in [5.41, 5.74) is 3.50. The van der Waals surface area contributed by atoms with Gasteiger partial charge in [-0.2, -0.15) is 0 Å². The first kappa shape index (κ1) is 16.6. The number of likely N-dealkylation sites (tertiary alicyclic amines) is 1. The number of carbonyl (C=O) groups is 1. The van der Waals surface area contributed by atoms with E-state index < -0.39 is 0 Å². The Morgan fingerprint density at radius 2 is 2.12 bits per heavy atom. The number of hydrogen-bond acceptors (Lipinski definition) is 5. The van der Waals surface area contributed by atoms with E-state index in [1.807, 2.05) is 38.8 Å². The summed E-state index contributed by atoms with van der Waals surface area (Å²) in [6, 6.07) is 0. The van der Waals surface area contributed by atoms with Crippen molar-refractivity contribution in [2.75, 3.05) is 13.1 Å². The van der Waals surface area contributed by atoms with Gasteiger partial charge in [0.1, 0.15) is 5.76 Å². The third-order valence-electron chi connectivity index (χ3n) is 4.58. The zero-order valence-corrected chi connectivity index (χ0v) is 14.7. The van der Waals surface area contributed by atoms with Crippen LogP contribution in [0.5, 0.6) is 0 Å². The minimum atomic E-state index is 0.0675. The molecule has 0 bridgehead atoms. The molecule has 1 aliphatic rings. The van der Waals surface area contributed by atoms with E-state index in [2.05, 4.69) is 15.1 Å². The Labute approximate surface area is 142 Å². The van der Waals surface area contributed by atoms with Gasteiger partial charge >= 0.3 is 0 Å². The maximum Gasteiger partial charge on any atom is 0.225 e. The predicted octanol–water partition coefficient (Wildman–Crippen LogP) is 2.80. The van der Waals surface area contributed by atoms with Crippen LogP contribution in [-0.2, 0) is 11.2 Å². The molecular formula is C18H24N4O2. The van der Waals surface area contributed by atoms with Gasteiger partial charge in [0.15, 0.2) is 0 Å². The Balaban J connectivity index is 1.64. The van der Waals surface area contributed by atoms with E-state index in [0.29, 0.717) is 5.92 Å². The van der Waals surface area contributed by atoms with E-state index in [0.717, 1.165) is 54.3 Å². The lowest BCUT2D eigenvalue weighted by Gasteiger charge is -2.18. The SMILES string of the molecule is Cc1noc(C)c1-c1cnc(C[C@H]2CCN(C(=O)C(C)C)C2)cn1. The predicted molar refractivity (Wildman–Crippen MR) is 90.2 cm³/mol. The highest BCUT2D eigenvalue weighted by Gasteiger charge is 2.27. The molecule has 2 aromatic rings. The average molecular weight is 328 g/mol. The molecule has 6 nitrogen and oxygen atoms in total. The molecule has 0 N–H and O–H groups in total. The highest BCUT2D eigenvalue weighted by molar-refractivity contribution is 5.78. The summed E-state index contributed by atoms with van der Waals surface area (Å²) in [6.07, 6.45) is 5.50. The van der Waals surface area contributed by atoms with Crippen LogP contribution >= 0.6 is 0 Å². The van der Waals surface area contributed by atoms with Crippen LogP contribution in [0, 0.1) is 25.7 Å². The van der Waals surface area contributed by atoms with Crippen LogP contribution in [0.4, 0.5) is 0 Å². The lowest BCUT2D eigenvalue weighted by atomic mass is 10.0. The molecule has 128 valence electrons. The fourth-order valence-electron chi connectivity index (χ4n) is 3.30. The van der Waals surface area contributed by atoms with Gasteiger partial charge in [-0.1, -0.05) is 19.0 Å². The smallest absolute Gasteiger partial charge is 0.225 e. The number of nitrogens with zero attached hydrogens (tertiary/aromatic N) is 4. The molecule has 0 spiro atoms. The molecule has 0 aromatic carbocycles. The van der Waals surface area contributed by atoms with Crippen LogP contribution in [-0.4, -0.2) is 39.0 Å². The van der Waals surface area contributed by atoms with Crippen molar-refractivity contribution in [3.8, 4) is 11.3 Å². The summed E-state index contributed by atoms with van der Waals surface area (Å²) >= 11 is 0. The maximum absolute atomic E-state index is 12.1. The Hall–Kier alpha value is -2.24. The van der Waals surface area contributed by atoms with Gasteiger partial charge in [-0.15, -0.1) is 0 Å². The minimum Gasteiger partial charge on any atom is -0.361 e. The minimum absolute atomic E-state index is 0.0675. The van der Waals surface area contributed by atoms with Gasteiger partial charge in [0.25, 0.3) is 0 Å². The number of aryl methyl sites for hydroxylation is 2. The topological polar surface area (TPSA) is 72.1 Å². The molecule has 1 fully saturated rings. The van der Waals surface area contributed by atoms with Crippen molar-refractivity contribution in [3.63, 3.8) is 0 Å². The Morgan fingerprint density at radius 3 is 2.71 bits per heavy atom. The molecule has 1 aliphatic heterocycles. The third-order valence-corrected chi connectivity index (χ3v) is 4.58. The average Bonchev–Trinajstić information content (AvgIpc) is 3.15. The summed E-state index contributed by atoms with van der Waals surface area (Å²) in [7, 11) is 0. The molecule has 2 aromatic heterocycles. The summed E-state index contributed by atoms with van der Waals surface area (Å²) in [4.78, 5) is 23.1. The Morgan fingerprint density at radius 1 is 1.33 bits per heavy atom. The van der Waals surface area contributed by atoms with Crippen molar-refractivity contribution in [2.45, 2.75) is 40.5 Å². The van der Waals surface area contributed by atoms with E-state index in [1.54, 1.807) is 6.20 Å². The molecule has 1 amide bonds. The fraction of sp³-hybridized carbons (Fsp3) is 0.556. The van der Waals surface area contributed by atoms with Crippen LogP contribution in [0.2, 0.25) is 0 Å². The lowest BCUT2D eigenvalue weighted by Crippen LogP contribution is -2.32. The van der Waals surface area contributed by atoms with Crippen LogP contribution < -0.4 is 0 Å². The van der Waals surface area contributed by atoms with Crippen molar-refractivity contribution in [2.24, 2.45) is 11.8 Å². The molecule has 3 heterocycles. The summed E-state index contributed by atoms with van der Waals surface area (Å²) in [5.74, 6) is 1.54. The summed E-state index contributed by atoms with van der Waals surface area (Å²) < 4.78 is 5.19. The van der Waals surface area contributed by atoms with E-state index in [4.69, 9.17) is 4.52 Å². The van der Waals surface area contributed by atoms with Crippen LogP contribution in [0.1, 0.15) is 37.4 Å². The molecule has 0 unspecified atom stereocenters. The van der Waals surface area contributed by atoms with Crippen LogP contribution in [0.15, 0.2) is 16.9 Å². The molecule has 1 atom stereocenters. The molecule has 24 heavy (non-hydrogen) atoms. The lowest BCUT2D eigenvalue weighted by molar-refractivity contribution is -0.133. The highest BCUT2D eigenvalue weighted by Crippen LogP contribution is 2.25. The zero-order valence-electron chi connectivity index (χ0n) is 14.7. The molecule has 0 aliphatic carbocycles. The van der Waals surface area contributed by atoms with Crippen molar-refractivity contribution in [1.82, 2.24) is 20.0 Å². The van der Waals surface area contributed by atoms with Crippen molar-refractivity contribution < 1.29 is 9.32 Å². The molecule has 0 radical (unpaired) electrons. The fourth-order valence-corrected chi connectivity index (χ4v) is 3.30. The Kier molecular flexibility index (Phi) is 4.64. The summed E-state index contributed by atoms with van der Waals surface area (Å²) in [5, 5.41) is 3.96. The second-order valence-electron chi connectivity index (χ2n) is 6.89. The summed E-state index contributed by atoms with van der Waals surface area (Å²) in [6.45, 7) is 9.36. The van der Waals surface area contributed by atoms with Gasteiger partial charge in [-0.25, -0.2) is 0 Å². The molecule has 0 saturated carbocycles. The molecule has 6 heteroatoms. The van der Waals surface area contributed by atoms with Gasteiger partial charge in [0, 0.05) is 25.2 Å². The van der Waals surface area contributed by atoms with E-state index in [9.17, 15) is 4.79 Å². The van der Waals surface area contributed by atoms with Crippen LogP contribution in [0.25, 0.3) is 11.3 Å². The Bertz CT molecular complexity index is 702. The van der Waals surface area contributed by atoms with Crippen molar-refractivity contribution >= 4 is 5.91 Å². The standard InChI is InChI=1S/C18H24N4O2/c1-11(2)18(23)22-6-5-14(10-22)7-15-8-20-16(9-19-15)17-12(3)21-24-13(17)4/h8-9,11,14H,5-7,10H2,1-4H3/t14-/m1/s1. The zero-order chi connectivity index (χ0) is 17.3. The number of rotatable bonds is 4. The highest BCUT2D eigenvalue weighted by atomic mass is 16.5. The van der Waals surface area contributed by atoms with Crippen LogP contribution in [0.3, 0.4) is 0 Å². The molecule has 3 rings (SSSR count). The molecular weight excluding hydrogens is 304 g/mol. The van der Waals surface area contributed by atoms with Gasteiger partial charge in [-0.05, 0) is 32.6 Å².